The van der Waals surface area contributed by atoms with Crippen molar-refractivity contribution in [3.63, 3.8) is 0 Å². The molecule has 5 nitrogen and oxygen atoms in total. The van der Waals surface area contributed by atoms with Gasteiger partial charge in [-0.05, 0) is 43.4 Å². The van der Waals surface area contributed by atoms with Gasteiger partial charge in [0.05, 0.1) is 5.52 Å². The van der Waals surface area contributed by atoms with Gasteiger partial charge in [-0.15, -0.1) is 0 Å². The Hall–Kier alpha value is -2.14. The predicted molar refractivity (Wildman–Crippen MR) is 92.7 cm³/mol. The second-order valence-electron chi connectivity index (χ2n) is 6.44. The molecule has 4 rings (SSSR count). The monoisotopic (exact) mass is 310 g/mol. The Bertz CT molecular complexity index is 834. The second kappa shape index (κ2) is 5.81. The van der Waals surface area contributed by atoms with Gasteiger partial charge in [-0.1, -0.05) is 0 Å². The molecule has 0 aliphatic carbocycles. The van der Waals surface area contributed by atoms with Gasteiger partial charge in [-0.25, -0.2) is 4.98 Å². The first-order valence-corrected chi connectivity index (χ1v) is 8.33. The fourth-order valence-electron chi connectivity index (χ4n) is 3.71. The van der Waals surface area contributed by atoms with E-state index in [-0.39, 0.29) is 0 Å². The first-order chi connectivity index (χ1) is 11.3. The van der Waals surface area contributed by atoms with Crippen LogP contribution < -0.4 is 4.90 Å². The highest BCUT2D eigenvalue weighted by molar-refractivity contribution is 6.06. The van der Waals surface area contributed by atoms with Crippen molar-refractivity contribution in [1.29, 1.82) is 0 Å². The average Bonchev–Trinajstić information content (AvgIpc) is 2.89. The molecule has 0 bridgehead atoms. The summed E-state index contributed by atoms with van der Waals surface area (Å²) in [6.07, 6.45) is 6.95. The number of aryl methyl sites for hydroxylation is 1. The number of piperidine rings is 1. The molecule has 0 aromatic carbocycles. The maximum atomic E-state index is 9.09. The van der Waals surface area contributed by atoms with Crippen molar-refractivity contribution >= 4 is 27.8 Å². The van der Waals surface area contributed by atoms with Crippen molar-refractivity contribution in [2.75, 3.05) is 24.6 Å². The van der Waals surface area contributed by atoms with Crippen LogP contribution in [0.5, 0.6) is 0 Å². The number of aromatic nitrogens is 3. The molecule has 0 amide bonds. The third-order valence-electron chi connectivity index (χ3n) is 5.10. The molecule has 3 aromatic heterocycles. The largest absolute Gasteiger partial charge is 0.396 e. The number of anilines is 1. The first-order valence-electron chi connectivity index (χ1n) is 8.33. The third-order valence-corrected chi connectivity index (χ3v) is 5.10. The number of hydrogen-bond donors (Lipinski definition) is 1. The quantitative estimate of drug-likeness (QED) is 0.808. The van der Waals surface area contributed by atoms with Crippen molar-refractivity contribution in [1.82, 2.24) is 14.5 Å². The fraction of sp³-hybridized carbons (Fsp3) is 0.444. The lowest BCUT2D eigenvalue weighted by atomic mass is 9.94. The number of pyridine rings is 2. The van der Waals surface area contributed by atoms with Gasteiger partial charge >= 0.3 is 0 Å². The van der Waals surface area contributed by atoms with Crippen molar-refractivity contribution in [2.45, 2.75) is 19.3 Å². The summed E-state index contributed by atoms with van der Waals surface area (Å²) in [6, 6.07) is 6.33. The van der Waals surface area contributed by atoms with Crippen molar-refractivity contribution in [3.8, 4) is 0 Å². The number of aliphatic hydroxyl groups excluding tert-OH is 1. The predicted octanol–water partition coefficient (Wildman–Crippen LogP) is 2.72. The van der Waals surface area contributed by atoms with Crippen LogP contribution in [0, 0.1) is 5.92 Å². The SMILES string of the molecule is Cn1c2ccncc2c2ccc(N3CCC(CCO)CC3)nc21. The molecule has 1 aliphatic rings. The average molecular weight is 310 g/mol. The van der Waals surface area contributed by atoms with Crippen molar-refractivity contribution in [2.24, 2.45) is 13.0 Å². The minimum atomic E-state index is 0.304. The van der Waals surface area contributed by atoms with Crippen molar-refractivity contribution in [3.05, 3.63) is 30.6 Å². The van der Waals surface area contributed by atoms with E-state index < -0.39 is 0 Å². The summed E-state index contributed by atoms with van der Waals surface area (Å²) in [4.78, 5) is 11.5. The van der Waals surface area contributed by atoms with Gasteiger partial charge in [0, 0.05) is 49.9 Å². The highest BCUT2D eigenvalue weighted by Gasteiger charge is 2.20. The molecule has 0 radical (unpaired) electrons. The minimum absolute atomic E-state index is 0.304. The first kappa shape index (κ1) is 14.5. The van der Waals surface area contributed by atoms with Crippen LogP contribution in [-0.4, -0.2) is 39.3 Å². The Kier molecular flexibility index (Phi) is 3.65. The molecule has 23 heavy (non-hydrogen) atoms. The van der Waals surface area contributed by atoms with Crippen LogP contribution in [-0.2, 0) is 7.05 Å². The number of fused-ring (bicyclic) bond motifs is 3. The molecule has 1 saturated heterocycles. The zero-order valence-electron chi connectivity index (χ0n) is 13.4. The lowest BCUT2D eigenvalue weighted by molar-refractivity contribution is 0.240. The summed E-state index contributed by atoms with van der Waals surface area (Å²) >= 11 is 0. The van der Waals surface area contributed by atoms with Crippen LogP contribution >= 0.6 is 0 Å². The molecular weight excluding hydrogens is 288 g/mol. The maximum absolute atomic E-state index is 9.09. The Morgan fingerprint density at radius 1 is 1.17 bits per heavy atom. The molecule has 4 heterocycles. The van der Waals surface area contributed by atoms with Crippen LogP contribution in [0.3, 0.4) is 0 Å². The Balaban J connectivity index is 1.67. The number of rotatable bonds is 3. The Morgan fingerprint density at radius 3 is 2.78 bits per heavy atom. The molecule has 0 saturated carbocycles. The number of aliphatic hydroxyl groups is 1. The standard InChI is InChI=1S/C18H22N4O/c1-21-16-4-8-19-12-15(16)14-2-3-17(20-18(14)21)22-9-5-13(6-10-22)7-11-23/h2-4,8,12-13,23H,5-7,9-11H2,1H3. The fourth-order valence-corrected chi connectivity index (χ4v) is 3.71. The third kappa shape index (κ3) is 2.45. The van der Waals surface area contributed by atoms with Gasteiger partial charge in [0.25, 0.3) is 0 Å². The van der Waals surface area contributed by atoms with E-state index in [1.54, 1.807) is 0 Å². The highest BCUT2D eigenvalue weighted by atomic mass is 16.3. The zero-order chi connectivity index (χ0) is 15.8. The topological polar surface area (TPSA) is 54.2 Å². The second-order valence-corrected chi connectivity index (χ2v) is 6.44. The molecular formula is C18H22N4O. The van der Waals surface area contributed by atoms with Crippen LogP contribution in [0.1, 0.15) is 19.3 Å². The summed E-state index contributed by atoms with van der Waals surface area (Å²) in [5.74, 6) is 1.71. The molecule has 1 N–H and O–H groups in total. The van der Waals surface area contributed by atoms with E-state index in [9.17, 15) is 0 Å². The molecule has 0 spiro atoms. The molecule has 1 aliphatic heterocycles. The zero-order valence-corrected chi connectivity index (χ0v) is 13.4. The van der Waals surface area contributed by atoms with Gasteiger partial charge in [0.15, 0.2) is 0 Å². The van der Waals surface area contributed by atoms with Gasteiger partial charge in [0.1, 0.15) is 11.5 Å². The summed E-state index contributed by atoms with van der Waals surface area (Å²) < 4.78 is 2.15. The number of nitrogens with zero attached hydrogens (tertiary/aromatic N) is 4. The lowest BCUT2D eigenvalue weighted by Gasteiger charge is -2.32. The molecule has 3 aromatic rings. The number of hydrogen-bond acceptors (Lipinski definition) is 4. The summed E-state index contributed by atoms with van der Waals surface area (Å²) in [6.45, 7) is 2.35. The van der Waals surface area contributed by atoms with Gasteiger partial charge in [-0.3, -0.25) is 4.98 Å². The summed E-state index contributed by atoms with van der Waals surface area (Å²) in [5.41, 5.74) is 2.18. The van der Waals surface area contributed by atoms with Crippen LogP contribution in [0.25, 0.3) is 21.9 Å². The molecule has 1 fully saturated rings. The van der Waals surface area contributed by atoms with E-state index in [2.05, 4.69) is 33.6 Å². The smallest absolute Gasteiger partial charge is 0.143 e. The molecule has 0 atom stereocenters. The van der Waals surface area contributed by atoms with Gasteiger partial charge in [0.2, 0.25) is 0 Å². The molecule has 0 unspecified atom stereocenters. The van der Waals surface area contributed by atoms with E-state index in [1.807, 2.05) is 18.5 Å². The molecule has 120 valence electrons. The summed E-state index contributed by atoms with van der Waals surface area (Å²) in [5, 5.41) is 11.4. The minimum Gasteiger partial charge on any atom is -0.396 e. The lowest BCUT2D eigenvalue weighted by Crippen LogP contribution is -2.34. The van der Waals surface area contributed by atoms with Gasteiger partial charge < -0.3 is 14.6 Å². The van der Waals surface area contributed by atoms with E-state index in [1.165, 1.54) is 5.52 Å². The molecule has 5 heteroatoms. The van der Waals surface area contributed by atoms with E-state index in [0.29, 0.717) is 12.5 Å². The maximum Gasteiger partial charge on any atom is 0.143 e. The van der Waals surface area contributed by atoms with Crippen LogP contribution in [0.4, 0.5) is 5.82 Å². The van der Waals surface area contributed by atoms with E-state index in [4.69, 9.17) is 10.1 Å². The summed E-state index contributed by atoms with van der Waals surface area (Å²) in [7, 11) is 2.06. The Morgan fingerprint density at radius 2 is 2.00 bits per heavy atom. The van der Waals surface area contributed by atoms with Crippen LogP contribution in [0.15, 0.2) is 30.6 Å². The Labute approximate surface area is 135 Å². The normalized spacial score (nSPS) is 16.5. The van der Waals surface area contributed by atoms with E-state index >= 15 is 0 Å². The van der Waals surface area contributed by atoms with Crippen LogP contribution in [0.2, 0.25) is 0 Å². The van der Waals surface area contributed by atoms with Crippen molar-refractivity contribution < 1.29 is 5.11 Å². The van der Waals surface area contributed by atoms with Gasteiger partial charge in [-0.2, -0.15) is 0 Å². The highest BCUT2D eigenvalue weighted by Crippen LogP contribution is 2.29. The van der Waals surface area contributed by atoms with E-state index in [0.717, 1.165) is 54.6 Å².